The molecule has 0 unspecified atom stereocenters. The van der Waals surface area contributed by atoms with Crippen molar-refractivity contribution < 1.29 is 4.79 Å². The molecule has 130 valence electrons. The molecule has 24 heavy (non-hydrogen) atoms. The maximum atomic E-state index is 12.4. The Morgan fingerprint density at radius 2 is 2.08 bits per heavy atom. The van der Waals surface area contributed by atoms with Gasteiger partial charge in [-0.3, -0.25) is 9.89 Å². The van der Waals surface area contributed by atoms with Gasteiger partial charge < -0.3 is 9.80 Å². The third kappa shape index (κ3) is 4.16. The zero-order valence-electron chi connectivity index (χ0n) is 14.1. The maximum absolute atomic E-state index is 12.4. The van der Waals surface area contributed by atoms with E-state index in [9.17, 15) is 4.79 Å². The van der Waals surface area contributed by atoms with E-state index >= 15 is 0 Å². The van der Waals surface area contributed by atoms with Crippen LogP contribution in [0.15, 0.2) is 12.4 Å². The summed E-state index contributed by atoms with van der Waals surface area (Å²) in [5, 5.41) is 17.7. The summed E-state index contributed by atoms with van der Waals surface area (Å²) < 4.78 is 1.41. The van der Waals surface area contributed by atoms with Crippen molar-refractivity contribution >= 4 is 5.91 Å². The fraction of sp³-hybridized carbons (Fsp3) is 0.667. The van der Waals surface area contributed by atoms with Gasteiger partial charge in [0.1, 0.15) is 12.0 Å². The Kier molecular flexibility index (Phi) is 5.52. The first-order valence-corrected chi connectivity index (χ1v) is 8.50. The third-order valence-corrected chi connectivity index (χ3v) is 4.39. The summed E-state index contributed by atoms with van der Waals surface area (Å²) in [5.74, 6) is 0.430. The second-order valence-electron chi connectivity index (χ2n) is 6.23. The highest BCUT2D eigenvalue weighted by Gasteiger charge is 2.16. The summed E-state index contributed by atoms with van der Waals surface area (Å²) in [7, 11) is 1.82. The van der Waals surface area contributed by atoms with E-state index in [1.165, 1.54) is 49.8 Å². The minimum absolute atomic E-state index is 0.0716. The number of amides is 1. The number of nitrogens with one attached hydrogen (secondary N) is 1. The summed E-state index contributed by atoms with van der Waals surface area (Å²) in [4.78, 5) is 16.7. The Hall–Kier alpha value is -2.29. The van der Waals surface area contributed by atoms with E-state index < -0.39 is 0 Å². The molecule has 0 atom stereocenters. The van der Waals surface area contributed by atoms with Crippen LogP contribution in [0.5, 0.6) is 0 Å². The van der Waals surface area contributed by atoms with Gasteiger partial charge in [0.2, 0.25) is 0 Å². The molecule has 0 aromatic carbocycles. The van der Waals surface area contributed by atoms with E-state index in [-0.39, 0.29) is 5.91 Å². The lowest BCUT2D eigenvalue weighted by atomic mass is 10.2. The molecule has 1 fully saturated rings. The van der Waals surface area contributed by atoms with Crippen LogP contribution in [0.4, 0.5) is 0 Å². The number of rotatable bonds is 6. The molecule has 1 aliphatic heterocycles. The lowest BCUT2D eigenvalue weighted by molar-refractivity contribution is 0.0783. The maximum Gasteiger partial charge on any atom is 0.271 e. The average Bonchev–Trinajstić information content (AvgIpc) is 3.22. The lowest BCUT2D eigenvalue weighted by Gasteiger charge is -2.22. The molecule has 9 nitrogen and oxygen atoms in total. The quantitative estimate of drug-likeness (QED) is 0.837. The Labute approximate surface area is 141 Å². The first-order chi connectivity index (χ1) is 11.7. The van der Waals surface area contributed by atoms with Crippen LogP contribution in [0.25, 0.3) is 5.82 Å². The van der Waals surface area contributed by atoms with Gasteiger partial charge >= 0.3 is 0 Å². The van der Waals surface area contributed by atoms with Crippen LogP contribution in [-0.2, 0) is 0 Å². The van der Waals surface area contributed by atoms with Crippen molar-refractivity contribution in [3.05, 3.63) is 18.1 Å². The van der Waals surface area contributed by atoms with Gasteiger partial charge in [0.05, 0.1) is 0 Å². The van der Waals surface area contributed by atoms with Gasteiger partial charge in [-0.15, -0.1) is 5.10 Å². The van der Waals surface area contributed by atoms with Gasteiger partial charge in [-0.1, -0.05) is 12.8 Å². The molecule has 1 amide bonds. The second kappa shape index (κ2) is 8.00. The van der Waals surface area contributed by atoms with E-state index in [1.807, 2.05) is 7.05 Å². The largest absolute Gasteiger partial charge is 0.340 e. The zero-order chi connectivity index (χ0) is 16.8. The fourth-order valence-electron chi connectivity index (χ4n) is 3.00. The molecule has 3 heterocycles. The Morgan fingerprint density at radius 1 is 1.29 bits per heavy atom. The smallest absolute Gasteiger partial charge is 0.271 e. The highest BCUT2D eigenvalue weighted by Crippen LogP contribution is 2.10. The zero-order valence-corrected chi connectivity index (χ0v) is 14.1. The minimum Gasteiger partial charge on any atom is -0.340 e. The van der Waals surface area contributed by atoms with E-state index in [4.69, 9.17) is 0 Å². The third-order valence-electron chi connectivity index (χ3n) is 4.39. The number of likely N-dealkylation sites (tertiary alicyclic amines) is 1. The standard InChI is InChI=1S/C15H24N8O/c1-21(7-6-10-22-8-4-2-3-5-9-22)15(24)13-11-14(18-17-13)23-12-16-19-20-23/h11-12H,2-10H2,1H3,(H,17,18). The molecule has 1 aliphatic rings. The molecule has 1 N–H and O–H groups in total. The molecular weight excluding hydrogens is 308 g/mol. The number of nitrogens with zero attached hydrogens (tertiary/aromatic N) is 7. The predicted molar refractivity (Wildman–Crippen MR) is 87.8 cm³/mol. The van der Waals surface area contributed by atoms with Gasteiger partial charge in [0, 0.05) is 19.7 Å². The Bertz CT molecular complexity index is 630. The topological polar surface area (TPSA) is 95.8 Å². The number of carbonyl (C=O) groups excluding carboxylic acids is 1. The van der Waals surface area contributed by atoms with Crippen LogP contribution < -0.4 is 0 Å². The predicted octanol–water partition coefficient (Wildman–Crippen LogP) is 0.723. The van der Waals surface area contributed by atoms with E-state index in [0.717, 1.165) is 19.5 Å². The SMILES string of the molecule is CN(CCCN1CCCCCC1)C(=O)c1cc(-n2cnnn2)n[nH]1. The van der Waals surface area contributed by atoms with Crippen molar-refractivity contribution in [1.82, 2.24) is 40.2 Å². The van der Waals surface area contributed by atoms with Crippen molar-refractivity contribution in [2.24, 2.45) is 0 Å². The van der Waals surface area contributed by atoms with E-state index in [1.54, 1.807) is 11.0 Å². The van der Waals surface area contributed by atoms with Crippen LogP contribution in [0, 0.1) is 0 Å². The van der Waals surface area contributed by atoms with Gasteiger partial charge in [-0.05, 0) is 49.3 Å². The van der Waals surface area contributed by atoms with Crippen molar-refractivity contribution in [3.8, 4) is 5.82 Å². The molecule has 0 spiro atoms. The highest BCUT2D eigenvalue weighted by atomic mass is 16.2. The second-order valence-corrected chi connectivity index (χ2v) is 6.23. The van der Waals surface area contributed by atoms with Crippen LogP contribution in [-0.4, -0.2) is 79.3 Å². The molecule has 2 aromatic rings. The lowest BCUT2D eigenvalue weighted by Crippen LogP contribution is -2.32. The molecule has 3 rings (SSSR count). The van der Waals surface area contributed by atoms with Gasteiger partial charge in [0.15, 0.2) is 5.82 Å². The van der Waals surface area contributed by atoms with Crippen LogP contribution >= 0.6 is 0 Å². The van der Waals surface area contributed by atoms with E-state index in [2.05, 4.69) is 30.6 Å². The van der Waals surface area contributed by atoms with Crippen molar-refractivity contribution in [1.29, 1.82) is 0 Å². The minimum atomic E-state index is -0.0716. The number of hydrogen-bond acceptors (Lipinski definition) is 6. The Balaban J connectivity index is 1.47. The molecule has 9 heteroatoms. The van der Waals surface area contributed by atoms with E-state index in [0.29, 0.717) is 11.5 Å². The number of tetrazole rings is 1. The monoisotopic (exact) mass is 332 g/mol. The molecule has 2 aromatic heterocycles. The van der Waals surface area contributed by atoms with Gasteiger partial charge in [0.25, 0.3) is 5.91 Å². The summed E-state index contributed by atoms with van der Waals surface area (Å²) in [6.07, 6.45) is 7.70. The molecule has 1 saturated heterocycles. The van der Waals surface area contributed by atoms with Crippen molar-refractivity contribution in [2.75, 3.05) is 33.2 Å². The Morgan fingerprint density at radius 3 is 2.79 bits per heavy atom. The molecule has 0 bridgehead atoms. The molecular formula is C15H24N8O. The number of aromatic nitrogens is 6. The van der Waals surface area contributed by atoms with Gasteiger partial charge in [-0.2, -0.15) is 9.78 Å². The van der Waals surface area contributed by atoms with Gasteiger partial charge in [-0.25, -0.2) is 0 Å². The number of hydrogen-bond donors (Lipinski definition) is 1. The summed E-state index contributed by atoms with van der Waals surface area (Å²) >= 11 is 0. The first kappa shape index (κ1) is 16.6. The summed E-state index contributed by atoms with van der Waals surface area (Å²) in [5.41, 5.74) is 0.442. The van der Waals surface area contributed by atoms with Crippen molar-refractivity contribution in [2.45, 2.75) is 32.1 Å². The van der Waals surface area contributed by atoms with Crippen LogP contribution in [0.1, 0.15) is 42.6 Å². The summed E-state index contributed by atoms with van der Waals surface area (Å²) in [6, 6.07) is 1.66. The molecule has 0 saturated carbocycles. The highest BCUT2D eigenvalue weighted by molar-refractivity contribution is 5.92. The first-order valence-electron chi connectivity index (χ1n) is 8.50. The van der Waals surface area contributed by atoms with Crippen molar-refractivity contribution in [3.63, 3.8) is 0 Å². The summed E-state index contributed by atoms with van der Waals surface area (Å²) in [6.45, 7) is 4.16. The normalized spacial score (nSPS) is 16.0. The van der Waals surface area contributed by atoms with Crippen LogP contribution in [0.2, 0.25) is 0 Å². The number of carbonyl (C=O) groups is 1. The molecule has 0 aliphatic carbocycles. The average molecular weight is 332 g/mol. The van der Waals surface area contributed by atoms with Crippen LogP contribution in [0.3, 0.4) is 0 Å². The molecule has 0 radical (unpaired) electrons. The fourth-order valence-corrected chi connectivity index (χ4v) is 3.00. The number of H-pyrrole nitrogens is 1. The number of aromatic amines is 1.